The lowest BCUT2D eigenvalue weighted by Gasteiger charge is -2.14. The third-order valence-corrected chi connectivity index (χ3v) is 5.62. The van der Waals surface area contributed by atoms with Crippen LogP contribution in [0.1, 0.15) is 10.4 Å². The number of methoxy groups -OCH3 is 2. The zero-order valence-corrected chi connectivity index (χ0v) is 17.3. The summed E-state index contributed by atoms with van der Waals surface area (Å²) in [5, 5.41) is 2.32. The molecule has 1 amide bonds. The number of carbonyl (C=O) groups excluding carboxylic acids is 1. The SMILES string of the molecule is COc1ccc(NS(=O)(=O)c2ccc(NC(=O)c3ccc(F)cc3)c(F)c2)c(OC)c1. The third kappa shape index (κ3) is 5.10. The molecule has 162 valence electrons. The molecule has 10 heteroatoms. The molecule has 0 spiro atoms. The van der Waals surface area contributed by atoms with E-state index in [1.54, 1.807) is 0 Å². The van der Waals surface area contributed by atoms with Crippen LogP contribution in [0.5, 0.6) is 11.5 Å². The van der Waals surface area contributed by atoms with Gasteiger partial charge in [0.15, 0.2) is 0 Å². The van der Waals surface area contributed by atoms with Gasteiger partial charge in [0.2, 0.25) is 0 Å². The molecule has 3 aromatic carbocycles. The third-order valence-electron chi connectivity index (χ3n) is 4.26. The summed E-state index contributed by atoms with van der Waals surface area (Å²) < 4.78 is 65.4. The Morgan fingerprint density at radius 2 is 1.55 bits per heavy atom. The fraction of sp³-hybridized carbons (Fsp3) is 0.0952. The minimum absolute atomic E-state index is 0.116. The van der Waals surface area contributed by atoms with Crippen LogP contribution in [0.15, 0.2) is 65.6 Å². The molecule has 3 rings (SSSR count). The molecule has 0 saturated heterocycles. The lowest BCUT2D eigenvalue weighted by Crippen LogP contribution is -2.16. The molecule has 7 nitrogen and oxygen atoms in total. The van der Waals surface area contributed by atoms with Crippen LogP contribution in [0.4, 0.5) is 20.2 Å². The maximum Gasteiger partial charge on any atom is 0.262 e. The molecule has 0 radical (unpaired) electrons. The van der Waals surface area contributed by atoms with Gasteiger partial charge in [0.1, 0.15) is 23.1 Å². The Hall–Kier alpha value is -3.66. The molecule has 0 saturated carbocycles. The zero-order chi connectivity index (χ0) is 22.6. The highest BCUT2D eigenvalue weighted by Crippen LogP contribution is 2.31. The van der Waals surface area contributed by atoms with E-state index < -0.39 is 27.6 Å². The van der Waals surface area contributed by atoms with Crippen molar-refractivity contribution < 1.29 is 31.5 Å². The van der Waals surface area contributed by atoms with Crippen LogP contribution in [-0.4, -0.2) is 28.5 Å². The van der Waals surface area contributed by atoms with E-state index in [0.29, 0.717) is 5.75 Å². The van der Waals surface area contributed by atoms with Crippen molar-refractivity contribution in [2.75, 3.05) is 24.3 Å². The second-order valence-corrected chi connectivity index (χ2v) is 7.96. The number of halogens is 2. The summed E-state index contributed by atoms with van der Waals surface area (Å²) in [7, 11) is -1.33. The molecule has 2 N–H and O–H groups in total. The van der Waals surface area contributed by atoms with Crippen molar-refractivity contribution in [1.29, 1.82) is 0 Å². The summed E-state index contributed by atoms with van der Waals surface area (Å²) in [6, 6.07) is 12.2. The molecular formula is C21H18F2N2O5S. The maximum absolute atomic E-state index is 14.5. The molecule has 0 atom stereocenters. The molecule has 0 aliphatic rings. The monoisotopic (exact) mass is 448 g/mol. The molecule has 0 aromatic heterocycles. The number of hydrogen-bond donors (Lipinski definition) is 2. The maximum atomic E-state index is 14.5. The number of amides is 1. The van der Waals surface area contributed by atoms with E-state index in [1.807, 2.05) is 0 Å². The van der Waals surface area contributed by atoms with Gasteiger partial charge in [0.05, 0.1) is 30.5 Å². The van der Waals surface area contributed by atoms with E-state index in [4.69, 9.17) is 9.47 Å². The molecule has 31 heavy (non-hydrogen) atoms. The fourth-order valence-electron chi connectivity index (χ4n) is 2.65. The van der Waals surface area contributed by atoms with Crippen LogP contribution in [0.2, 0.25) is 0 Å². The van der Waals surface area contributed by atoms with Crippen LogP contribution < -0.4 is 19.5 Å². The van der Waals surface area contributed by atoms with E-state index in [9.17, 15) is 22.0 Å². The second kappa shape index (κ2) is 9.00. The van der Waals surface area contributed by atoms with Gasteiger partial charge in [0, 0.05) is 11.6 Å². The van der Waals surface area contributed by atoms with E-state index in [2.05, 4.69) is 10.0 Å². The first-order chi connectivity index (χ1) is 14.7. The van der Waals surface area contributed by atoms with Crippen LogP contribution in [0.3, 0.4) is 0 Å². The average molecular weight is 448 g/mol. The number of sulfonamides is 1. The summed E-state index contributed by atoms with van der Waals surface area (Å²) >= 11 is 0. The average Bonchev–Trinajstić information content (AvgIpc) is 2.75. The van der Waals surface area contributed by atoms with Crippen molar-refractivity contribution in [3.05, 3.63) is 77.9 Å². The number of anilines is 2. The van der Waals surface area contributed by atoms with E-state index >= 15 is 0 Å². The minimum Gasteiger partial charge on any atom is -0.497 e. The van der Waals surface area contributed by atoms with Crippen LogP contribution in [0, 0.1) is 11.6 Å². The molecule has 0 aliphatic heterocycles. The quantitative estimate of drug-likeness (QED) is 0.569. The second-order valence-electron chi connectivity index (χ2n) is 6.27. The highest BCUT2D eigenvalue weighted by Gasteiger charge is 2.20. The van der Waals surface area contributed by atoms with Gasteiger partial charge in [0.25, 0.3) is 15.9 Å². The Bertz CT molecular complexity index is 1210. The van der Waals surface area contributed by atoms with Gasteiger partial charge in [-0.05, 0) is 54.6 Å². The van der Waals surface area contributed by atoms with Gasteiger partial charge < -0.3 is 14.8 Å². The van der Waals surface area contributed by atoms with E-state index in [1.165, 1.54) is 44.6 Å². The number of carbonyl (C=O) groups is 1. The Balaban J connectivity index is 1.81. The van der Waals surface area contributed by atoms with Crippen LogP contribution >= 0.6 is 0 Å². The summed E-state index contributed by atoms with van der Waals surface area (Å²) in [5.41, 5.74) is 0.0264. The molecule has 3 aromatic rings. The first kappa shape index (κ1) is 22.0. The largest absolute Gasteiger partial charge is 0.497 e. The first-order valence-corrected chi connectivity index (χ1v) is 10.3. The zero-order valence-electron chi connectivity index (χ0n) is 16.5. The smallest absolute Gasteiger partial charge is 0.262 e. The predicted molar refractivity (Wildman–Crippen MR) is 111 cm³/mol. The minimum atomic E-state index is -4.16. The fourth-order valence-corrected chi connectivity index (χ4v) is 3.73. The molecule has 0 bridgehead atoms. The summed E-state index contributed by atoms with van der Waals surface area (Å²) in [5.74, 6) is -1.47. The van der Waals surface area contributed by atoms with E-state index in [0.717, 1.165) is 30.3 Å². The Morgan fingerprint density at radius 3 is 2.16 bits per heavy atom. The lowest BCUT2D eigenvalue weighted by molar-refractivity contribution is 0.102. The molecular weight excluding hydrogens is 430 g/mol. The highest BCUT2D eigenvalue weighted by molar-refractivity contribution is 7.92. The van der Waals surface area contributed by atoms with Crippen molar-refractivity contribution >= 4 is 27.3 Å². The highest BCUT2D eigenvalue weighted by atomic mass is 32.2. The summed E-state index contributed by atoms with van der Waals surface area (Å²) in [6.07, 6.45) is 0. The van der Waals surface area contributed by atoms with Crippen molar-refractivity contribution in [3.8, 4) is 11.5 Å². The molecule has 0 heterocycles. The standard InChI is InChI=1S/C21H18F2N2O5S/c1-29-15-7-9-19(20(11-15)30-2)25-31(27,28)16-8-10-18(17(23)12-16)24-21(26)13-3-5-14(22)6-4-13/h3-12,25H,1-2H3,(H,24,26). The van der Waals surface area contributed by atoms with Gasteiger partial charge >= 0.3 is 0 Å². The van der Waals surface area contributed by atoms with Gasteiger partial charge in [-0.2, -0.15) is 0 Å². The number of rotatable bonds is 7. The first-order valence-electron chi connectivity index (χ1n) is 8.85. The Kier molecular flexibility index (Phi) is 6.40. The summed E-state index contributed by atoms with van der Waals surface area (Å²) in [4.78, 5) is 11.8. The normalized spacial score (nSPS) is 11.0. The van der Waals surface area contributed by atoms with Gasteiger partial charge in [-0.15, -0.1) is 0 Å². The van der Waals surface area contributed by atoms with Crippen molar-refractivity contribution in [1.82, 2.24) is 0 Å². The topological polar surface area (TPSA) is 93.7 Å². The van der Waals surface area contributed by atoms with Crippen LogP contribution in [0.25, 0.3) is 0 Å². The lowest BCUT2D eigenvalue weighted by atomic mass is 10.2. The van der Waals surface area contributed by atoms with Gasteiger partial charge in [-0.1, -0.05) is 0 Å². The Morgan fingerprint density at radius 1 is 0.871 bits per heavy atom. The van der Waals surface area contributed by atoms with Crippen molar-refractivity contribution in [3.63, 3.8) is 0 Å². The number of ether oxygens (including phenoxy) is 2. The predicted octanol–water partition coefficient (Wildman–Crippen LogP) is 4.04. The number of hydrogen-bond acceptors (Lipinski definition) is 5. The molecule has 0 unspecified atom stereocenters. The van der Waals surface area contributed by atoms with Crippen molar-refractivity contribution in [2.45, 2.75) is 4.90 Å². The molecule has 0 aliphatic carbocycles. The van der Waals surface area contributed by atoms with Gasteiger partial charge in [-0.25, -0.2) is 17.2 Å². The van der Waals surface area contributed by atoms with Gasteiger partial charge in [-0.3, -0.25) is 9.52 Å². The molecule has 0 fully saturated rings. The number of benzene rings is 3. The number of nitrogens with one attached hydrogen (secondary N) is 2. The van der Waals surface area contributed by atoms with E-state index in [-0.39, 0.29) is 27.6 Å². The van der Waals surface area contributed by atoms with Crippen LogP contribution in [-0.2, 0) is 10.0 Å². The van der Waals surface area contributed by atoms with Crippen molar-refractivity contribution in [2.24, 2.45) is 0 Å². The summed E-state index contributed by atoms with van der Waals surface area (Å²) in [6.45, 7) is 0. The Labute approximate surface area is 177 Å².